The van der Waals surface area contributed by atoms with E-state index in [0.29, 0.717) is 17.4 Å². The molecule has 3 rings (SSSR count). The zero-order valence-electron chi connectivity index (χ0n) is 11.8. The first-order chi connectivity index (χ1) is 10.2. The minimum Gasteiger partial charge on any atom is -0.399 e. The van der Waals surface area contributed by atoms with Crippen molar-refractivity contribution in [2.45, 2.75) is 11.8 Å². The first kappa shape index (κ1) is 13.7. The number of aryl methyl sites for hydroxylation is 1. The molecule has 4 nitrogen and oxygen atoms in total. The van der Waals surface area contributed by atoms with Gasteiger partial charge in [0.25, 0.3) is 5.89 Å². The van der Waals surface area contributed by atoms with Crippen molar-refractivity contribution in [3.8, 4) is 22.8 Å². The van der Waals surface area contributed by atoms with Crippen LogP contribution in [0.3, 0.4) is 0 Å². The van der Waals surface area contributed by atoms with Crippen LogP contribution < -0.4 is 5.73 Å². The highest BCUT2D eigenvalue weighted by atomic mass is 32.2. The number of anilines is 1. The molecule has 0 saturated heterocycles. The summed E-state index contributed by atoms with van der Waals surface area (Å²) < 4.78 is 5.38. The number of benzene rings is 2. The first-order valence-corrected chi connectivity index (χ1v) is 7.74. The third-order valence-electron chi connectivity index (χ3n) is 3.27. The van der Waals surface area contributed by atoms with Gasteiger partial charge in [-0.05, 0) is 55.1 Å². The maximum Gasteiger partial charge on any atom is 0.258 e. The van der Waals surface area contributed by atoms with Crippen molar-refractivity contribution in [1.29, 1.82) is 0 Å². The Morgan fingerprint density at radius 2 is 1.86 bits per heavy atom. The van der Waals surface area contributed by atoms with Gasteiger partial charge in [0.1, 0.15) is 0 Å². The van der Waals surface area contributed by atoms with Crippen LogP contribution in [0, 0.1) is 6.92 Å². The molecule has 0 atom stereocenters. The first-order valence-electron chi connectivity index (χ1n) is 6.52. The molecule has 5 heteroatoms. The fourth-order valence-electron chi connectivity index (χ4n) is 2.06. The molecule has 0 spiro atoms. The van der Waals surface area contributed by atoms with Crippen LogP contribution in [-0.4, -0.2) is 16.4 Å². The number of hydrogen-bond donors (Lipinski definition) is 1. The molecule has 3 aromatic rings. The van der Waals surface area contributed by atoms with Crippen LogP contribution in [0.15, 0.2) is 51.9 Å². The van der Waals surface area contributed by atoms with Crippen molar-refractivity contribution >= 4 is 17.4 Å². The van der Waals surface area contributed by atoms with E-state index in [1.165, 1.54) is 4.90 Å². The molecule has 106 valence electrons. The summed E-state index contributed by atoms with van der Waals surface area (Å²) in [6.45, 7) is 1.99. The molecule has 0 aliphatic heterocycles. The Kier molecular flexibility index (Phi) is 3.66. The van der Waals surface area contributed by atoms with Gasteiger partial charge in [0.05, 0.1) is 0 Å². The van der Waals surface area contributed by atoms with E-state index in [-0.39, 0.29) is 0 Å². The molecule has 1 aromatic heterocycles. The van der Waals surface area contributed by atoms with Gasteiger partial charge < -0.3 is 10.3 Å². The van der Waals surface area contributed by atoms with Gasteiger partial charge in [-0.1, -0.05) is 11.2 Å². The quantitative estimate of drug-likeness (QED) is 0.584. The number of nitrogens with two attached hydrogens (primary N) is 1. The number of nitrogen functional groups attached to an aromatic ring is 1. The van der Waals surface area contributed by atoms with Gasteiger partial charge in [-0.2, -0.15) is 4.98 Å². The Balaban J connectivity index is 1.97. The normalized spacial score (nSPS) is 10.8. The van der Waals surface area contributed by atoms with Crippen LogP contribution in [0.1, 0.15) is 5.56 Å². The summed E-state index contributed by atoms with van der Waals surface area (Å²) in [7, 11) is 0. The average Bonchev–Trinajstić information content (AvgIpc) is 2.99. The third kappa shape index (κ3) is 2.78. The molecule has 21 heavy (non-hydrogen) atoms. The molecule has 0 aliphatic carbocycles. The van der Waals surface area contributed by atoms with Crippen molar-refractivity contribution < 1.29 is 4.52 Å². The lowest BCUT2D eigenvalue weighted by Crippen LogP contribution is -1.89. The standard InChI is InChI=1S/C16H15N3OS/c1-10-3-6-12(17)9-14(10)16-18-15(19-20-16)11-4-7-13(21-2)8-5-11/h3-9H,17H2,1-2H3. The lowest BCUT2D eigenvalue weighted by Gasteiger charge is -2.01. The summed E-state index contributed by atoms with van der Waals surface area (Å²) in [5, 5.41) is 4.06. The number of hydrogen-bond acceptors (Lipinski definition) is 5. The lowest BCUT2D eigenvalue weighted by atomic mass is 10.1. The topological polar surface area (TPSA) is 64.9 Å². The summed E-state index contributed by atoms with van der Waals surface area (Å²) in [6.07, 6.45) is 2.05. The molecule has 0 aliphatic rings. The highest BCUT2D eigenvalue weighted by Crippen LogP contribution is 2.27. The molecule has 0 fully saturated rings. The summed E-state index contributed by atoms with van der Waals surface area (Å²) in [5.74, 6) is 1.07. The largest absolute Gasteiger partial charge is 0.399 e. The van der Waals surface area contributed by atoms with Gasteiger partial charge in [-0.3, -0.25) is 0 Å². The van der Waals surface area contributed by atoms with E-state index in [4.69, 9.17) is 10.3 Å². The Bertz CT molecular complexity index is 765. The number of aromatic nitrogens is 2. The molecule has 0 bridgehead atoms. The highest BCUT2D eigenvalue weighted by Gasteiger charge is 2.12. The number of thioether (sulfide) groups is 1. The number of rotatable bonds is 3. The molecule has 1 heterocycles. The molecular weight excluding hydrogens is 282 g/mol. The molecule has 2 aromatic carbocycles. The van der Waals surface area contributed by atoms with Gasteiger partial charge in [0.2, 0.25) is 5.82 Å². The zero-order valence-corrected chi connectivity index (χ0v) is 12.6. The third-order valence-corrected chi connectivity index (χ3v) is 4.01. The van der Waals surface area contributed by atoms with Gasteiger partial charge >= 0.3 is 0 Å². The lowest BCUT2D eigenvalue weighted by molar-refractivity contribution is 0.432. The maximum absolute atomic E-state index is 5.82. The van der Waals surface area contributed by atoms with Crippen LogP contribution in [0.4, 0.5) is 5.69 Å². The molecule has 0 saturated carbocycles. The zero-order chi connectivity index (χ0) is 14.8. The highest BCUT2D eigenvalue weighted by molar-refractivity contribution is 7.98. The monoisotopic (exact) mass is 297 g/mol. The maximum atomic E-state index is 5.82. The molecule has 2 N–H and O–H groups in total. The Labute approximate surface area is 127 Å². The summed E-state index contributed by atoms with van der Waals surface area (Å²) in [6, 6.07) is 13.7. The summed E-state index contributed by atoms with van der Waals surface area (Å²) >= 11 is 1.70. The van der Waals surface area contributed by atoms with E-state index >= 15 is 0 Å². The van der Waals surface area contributed by atoms with Crippen LogP contribution in [0.2, 0.25) is 0 Å². The molecule has 0 radical (unpaired) electrons. The minimum absolute atomic E-state index is 0.490. The van der Waals surface area contributed by atoms with Crippen LogP contribution in [0.5, 0.6) is 0 Å². The van der Waals surface area contributed by atoms with Crippen LogP contribution >= 0.6 is 11.8 Å². The van der Waals surface area contributed by atoms with E-state index in [9.17, 15) is 0 Å². The summed E-state index contributed by atoms with van der Waals surface area (Å²) in [5.41, 5.74) is 9.36. The molecule has 0 amide bonds. The second-order valence-electron chi connectivity index (χ2n) is 4.73. The van der Waals surface area contributed by atoms with Crippen molar-refractivity contribution in [1.82, 2.24) is 10.1 Å². The molecular formula is C16H15N3OS. The second kappa shape index (κ2) is 5.61. The van der Waals surface area contributed by atoms with Crippen molar-refractivity contribution in [3.63, 3.8) is 0 Å². The van der Waals surface area contributed by atoms with Gasteiger partial charge in [-0.25, -0.2) is 0 Å². The van der Waals surface area contributed by atoms with Crippen LogP contribution in [-0.2, 0) is 0 Å². The molecule has 0 unspecified atom stereocenters. The van der Waals surface area contributed by atoms with E-state index in [0.717, 1.165) is 16.7 Å². The predicted octanol–water partition coefficient (Wildman–Crippen LogP) is 4.02. The second-order valence-corrected chi connectivity index (χ2v) is 5.61. The van der Waals surface area contributed by atoms with Crippen molar-refractivity contribution in [2.24, 2.45) is 0 Å². The summed E-state index contributed by atoms with van der Waals surface area (Å²) in [4.78, 5) is 5.67. The van der Waals surface area contributed by atoms with E-state index in [1.807, 2.05) is 55.6 Å². The minimum atomic E-state index is 0.490. The van der Waals surface area contributed by atoms with E-state index < -0.39 is 0 Å². The Morgan fingerprint density at radius 1 is 1.10 bits per heavy atom. The predicted molar refractivity (Wildman–Crippen MR) is 86.1 cm³/mol. The Morgan fingerprint density at radius 3 is 2.57 bits per heavy atom. The average molecular weight is 297 g/mol. The van der Waals surface area contributed by atoms with Gasteiger partial charge in [0, 0.05) is 21.7 Å². The van der Waals surface area contributed by atoms with Crippen molar-refractivity contribution in [3.05, 3.63) is 48.0 Å². The van der Waals surface area contributed by atoms with Gasteiger partial charge in [-0.15, -0.1) is 11.8 Å². The van der Waals surface area contributed by atoms with Gasteiger partial charge in [0.15, 0.2) is 0 Å². The fourth-order valence-corrected chi connectivity index (χ4v) is 2.47. The fraction of sp³-hybridized carbons (Fsp3) is 0.125. The number of nitrogens with zero attached hydrogens (tertiary/aromatic N) is 2. The van der Waals surface area contributed by atoms with E-state index in [1.54, 1.807) is 11.8 Å². The SMILES string of the molecule is CSc1ccc(-c2noc(-c3cc(N)ccc3C)n2)cc1. The van der Waals surface area contributed by atoms with Crippen molar-refractivity contribution in [2.75, 3.05) is 12.0 Å². The Hall–Kier alpha value is -2.27. The van der Waals surface area contributed by atoms with Crippen LogP contribution in [0.25, 0.3) is 22.8 Å². The van der Waals surface area contributed by atoms with E-state index in [2.05, 4.69) is 10.1 Å². The smallest absolute Gasteiger partial charge is 0.258 e.